The van der Waals surface area contributed by atoms with Crippen LogP contribution >= 0.6 is 11.3 Å². The Morgan fingerprint density at radius 1 is 1.35 bits per heavy atom. The van der Waals surface area contributed by atoms with Crippen molar-refractivity contribution in [1.29, 1.82) is 0 Å². The van der Waals surface area contributed by atoms with Crippen LogP contribution in [0.15, 0.2) is 11.4 Å². The van der Waals surface area contributed by atoms with Crippen molar-refractivity contribution in [3.63, 3.8) is 0 Å². The zero-order valence-electron chi connectivity index (χ0n) is 9.84. The van der Waals surface area contributed by atoms with Crippen LogP contribution in [0.2, 0.25) is 0 Å². The van der Waals surface area contributed by atoms with Crippen molar-refractivity contribution in [2.45, 2.75) is 20.0 Å². The summed E-state index contributed by atoms with van der Waals surface area (Å²) in [5, 5.41) is 2.84. The van der Waals surface area contributed by atoms with Crippen molar-refractivity contribution in [3.05, 3.63) is 11.4 Å². The standard InChI is InChI=1S/C11H15N3O2S/c1-7(2)15-4-5-16-9-8-3-6-17-10(8)14-11(12)13-9/h3,6-7H,4-5H2,1-2H3,(H2,12,13,14). The van der Waals surface area contributed by atoms with Gasteiger partial charge >= 0.3 is 0 Å². The third kappa shape index (κ3) is 3.04. The van der Waals surface area contributed by atoms with Crippen LogP contribution in [0.3, 0.4) is 0 Å². The lowest BCUT2D eigenvalue weighted by molar-refractivity contribution is 0.0546. The van der Waals surface area contributed by atoms with E-state index in [2.05, 4.69) is 9.97 Å². The van der Waals surface area contributed by atoms with Crippen LogP contribution in [0.1, 0.15) is 13.8 Å². The van der Waals surface area contributed by atoms with Gasteiger partial charge in [0, 0.05) is 0 Å². The van der Waals surface area contributed by atoms with E-state index in [0.717, 1.165) is 10.2 Å². The molecule has 2 rings (SSSR count). The van der Waals surface area contributed by atoms with Crippen molar-refractivity contribution in [1.82, 2.24) is 9.97 Å². The average molecular weight is 253 g/mol. The molecular formula is C11H15N3O2S. The Bertz CT molecular complexity index is 498. The largest absolute Gasteiger partial charge is 0.475 e. The Labute approximate surface area is 104 Å². The molecule has 0 aromatic carbocycles. The summed E-state index contributed by atoms with van der Waals surface area (Å²) < 4.78 is 10.9. The number of nitrogens with two attached hydrogens (primary N) is 1. The molecule has 5 nitrogen and oxygen atoms in total. The molecule has 0 radical (unpaired) electrons. The fourth-order valence-electron chi connectivity index (χ4n) is 1.38. The summed E-state index contributed by atoms with van der Waals surface area (Å²) in [6.07, 6.45) is 0.204. The van der Waals surface area contributed by atoms with Crippen LogP contribution in [0, 0.1) is 0 Å². The van der Waals surface area contributed by atoms with E-state index in [1.807, 2.05) is 25.3 Å². The van der Waals surface area contributed by atoms with E-state index in [1.54, 1.807) is 0 Å². The summed E-state index contributed by atoms with van der Waals surface area (Å²) in [5.41, 5.74) is 5.61. The third-order valence-corrected chi connectivity index (χ3v) is 2.89. The van der Waals surface area contributed by atoms with Gasteiger partial charge in [-0.1, -0.05) is 0 Å². The van der Waals surface area contributed by atoms with E-state index in [9.17, 15) is 0 Å². The second-order valence-corrected chi connectivity index (χ2v) is 4.69. The summed E-state index contributed by atoms with van der Waals surface area (Å²) >= 11 is 1.52. The maximum Gasteiger partial charge on any atom is 0.227 e. The minimum Gasteiger partial charge on any atom is -0.475 e. The number of ether oxygens (including phenoxy) is 2. The first-order valence-electron chi connectivity index (χ1n) is 5.42. The molecule has 6 heteroatoms. The van der Waals surface area contributed by atoms with Gasteiger partial charge in [-0.3, -0.25) is 0 Å². The van der Waals surface area contributed by atoms with Crippen LogP contribution in [0.5, 0.6) is 5.88 Å². The molecule has 0 aliphatic rings. The summed E-state index contributed by atoms with van der Waals surface area (Å²) in [5.74, 6) is 0.765. The van der Waals surface area contributed by atoms with E-state index in [1.165, 1.54) is 11.3 Å². The number of nitrogen functional groups attached to an aromatic ring is 1. The van der Waals surface area contributed by atoms with E-state index < -0.39 is 0 Å². The number of fused-ring (bicyclic) bond motifs is 1. The molecule has 2 heterocycles. The fraction of sp³-hybridized carbons (Fsp3) is 0.455. The Morgan fingerprint density at radius 2 is 2.18 bits per heavy atom. The molecule has 0 fully saturated rings. The molecule has 2 N–H and O–H groups in total. The molecule has 0 bridgehead atoms. The van der Waals surface area contributed by atoms with E-state index in [4.69, 9.17) is 15.2 Å². The zero-order chi connectivity index (χ0) is 12.3. The van der Waals surface area contributed by atoms with E-state index in [0.29, 0.717) is 19.1 Å². The molecule has 17 heavy (non-hydrogen) atoms. The molecule has 0 aliphatic carbocycles. The molecule has 0 saturated carbocycles. The van der Waals surface area contributed by atoms with Gasteiger partial charge in [0.2, 0.25) is 11.8 Å². The summed E-state index contributed by atoms with van der Waals surface area (Å²) in [4.78, 5) is 9.06. The van der Waals surface area contributed by atoms with Crippen LogP contribution in [-0.2, 0) is 4.74 Å². The lowest BCUT2D eigenvalue weighted by atomic mass is 10.4. The smallest absolute Gasteiger partial charge is 0.227 e. The highest BCUT2D eigenvalue weighted by Crippen LogP contribution is 2.27. The third-order valence-electron chi connectivity index (χ3n) is 2.08. The van der Waals surface area contributed by atoms with Crippen molar-refractivity contribution >= 4 is 27.5 Å². The highest BCUT2D eigenvalue weighted by Gasteiger charge is 2.08. The minimum absolute atomic E-state index is 0.204. The van der Waals surface area contributed by atoms with Crippen molar-refractivity contribution in [3.8, 4) is 5.88 Å². The van der Waals surface area contributed by atoms with Crippen LogP contribution < -0.4 is 10.5 Å². The van der Waals surface area contributed by atoms with Crippen molar-refractivity contribution in [2.24, 2.45) is 0 Å². The predicted octanol–water partition coefficient (Wildman–Crippen LogP) is 2.08. The van der Waals surface area contributed by atoms with Gasteiger partial charge in [0.05, 0.1) is 18.1 Å². The minimum atomic E-state index is 0.204. The van der Waals surface area contributed by atoms with Gasteiger partial charge in [-0.2, -0.15) is 4.98 Å². The first kappa shape index (κ1) is 12.1. The molecule has 2 aromatic heterocycles. The maximum atomic E-state index is 5.61. The number of rotatable bonds is 5. The van der Waals surface area contributed by atoms with Crippen LogP contribution in [0.4, 0.5) is 5.95 Å². The SMILES string of the molecule is CC(C)OCCOc1nc(N)nc2sccc12. The highest BCUT2D eigenvalue weighted by molar-refractivity contribution is 7.16. The number of anilines is 1. The number of hydrogen-bond acceptors (Lipinski definition) is 6. The second kappa shape index (κ2) is 5.29. The van der Waals surface area contributed by atoms with Gasteiger partial charge in [-0.25, -0.2) is 4.98 Å². The summed E-state index contributed by atoms with van der Waals surface area (Å²) in [6, 6.07) is 1.93. The molecule has 0 atom stereocenters. The second-order valence-electron chi connectivity index (χ2n) is 3.79. The molecule has 0 saturated heterocycles. The van der Waals surface area contributed by atoms with Crippen molar-refractivity contribution < 1.29 is 9.47 Å². The zero-order valence-corrected chi connectivity index (χ0v) is 10.7. The van der Waals surface area contributed by atoms with Gasteiger partial charge in [0.25, 0.3) is 0 Å². The normalized spacial score (nSPS) is 11.2. The van der Waals surface area contributed by atoms with Gasteiger partial charge in [-0.15, -0.1) is 11.3 Å². The predicted molar refractivity (Wildman–Crippen MR) is 68.4 cm³/mol. The van der Waals surface area contributed by atoms with Gasteiger partial charge < -0.3 is 15.2 Å². The van der Waals surface area contributed by atoms with Gasteiger partial charge in [0.1, 0.15) is 11.4 Å². The molecule has 0 aliphatic heterocycles. The quantitative estimate of drug-likeness (QED) is 0.826. The number of nitrogens with zero attached hydrogens (tertiary/aromatic N) is 2. The molecule has 0 amide bonds. The van der Waals surface area contributed by atoms with Crippen LogP contribution in [-0.4, -0.2) is 29.3 Å². The average Bonchev–Trinajstić information content (AvgIpc) is 2.71. The Morgan fingerprint density at radius 3 is 2.94 bits per heavy atom. The van der Waals surface area contributed by atoms with Gasteiger partial charge in [-0.05, 0) is 25.3 Å². The molecule has 0 spiro atoms. The number of thiophene rings is 1. The van der Waals surface area contributed by atoms with E-state index in [-0.39, 0.29) is 12.1 Å². The maximum absolute atomic E-state index is 5.61. The highest BCUT2D eigenvalue weighted by atomic mass is 32.1. The van der Waals surface area contributed by atoms with E-state index >= 15 is 0 Å². The lowest BCUT2D eigenvalue weighted by Gasteiger charge is -2.09. The van der Waals surface area contributed by atoms with Crippen molar-refractivity contribution in [2.75, 3.05) is 18.9 Å². The first-order valence-corrected chi connectivity index (χ1v) is 6.30. The molecule has 0 unspecified atom stereocenters. The lowest BCUT2D eigenvalue weighted by Crippen LogP contribution is -2.12. The Balaban J connectivity index is 2.04. The molecule has 2 aromatic rings. The van der Waals surface area contributed by atoms with Gasteiger partial charge in [0.15, 0.2) is 0 Å². The topological polar surface area (TPSA) is 70.3 Å². The fourth-order valence-corrected chi connectivity index (χ4v) is 2.14. The first-order chi connectivity index (χ1) is 8.16. The summed E-state index contributed by atoms with van der Waals surface area (Å²) in [6.45, 7) is 4.96. The number of aromatic nitrogens is 2. The monoisotopic (exact) mass is 253 g/mol. The van der Waals surface area contributed by atoms with Crippen LogP contribution in [0.25, 0.3) is 10.2 Å². The molecular weight excluding hydrogens is 238 g/mol. The molecule has 92 valence electrons. The summed E-state index contributed by atoms with van der Waals surface area (Å²) in [7, 11) is 0. The Hall–Kier alpha value is -1.40. The Kier molecular flexibility index (Phi) is 3.75. The number of hydrogen-bond donors (Lipinski definition) is 1.